The van der Waals surface area contributed by atoms with Crippen LogP contribution < -0.4 is 15.0 Å². The van der Waals surface area contributed by atoms with Gasteiger partial charge in [0.1, 0.15) is 11.8 Å². The standard InChI is InChI=1S/C13H14F2N2O3/c1-2-10-12(19)16-7-11(18)17(10)8-3-5-9(6-4-8)20-13(14)15/h3-6,10,13H,2,7H2,1H3,(H,16,19). The molecule has 0 aliphatic carbocycles. The van der Waals surface area contributed by atoms with Gasteiger partial charge in [0.15, 0.2) is 0 Å². The lowest BCUT2D eigenvalue weighted by Crippen LogP contribution is -2.58. The van der Waals surface area contributed by atoms with Crippen LogP contribution in [-0.2, 0) is 9.59 Å². The SMILES string of the molecule is CCC1C(=O)NCC(=O)N1c1ccc(OC(F)F)cc1. The van der Waals surface area contributed by atoms with Gasteiger partial charge in [-0.25, -0.2) is 0 Å². The minimum atomic E-state index is -2.90. The molecule has 1 fully saturated rings. The van der Waals surface area contributed by atoms with E-state index < -0.39 is 12.7 Å². The van der Waals surface area contributed by atoms with E-state index in [0.29, 0.717) is 12.1 Å². The Kier molecular flexibility index (Phi) is 4.16. The Labute approximate surface area is 114 Å². The smallest absolute Gasteiger partial charge is 0.387 e. The molecule has 7 heteroatoms. The van der Waals surface area contributed by atoms with Crippen LogP contribution in [0.1, 0.15) is 13.3 Å². The van der Waals surface area contributed by atoms with Crippen molar-refractivity contribution in [2.45, 2.75) is 26.0 Å². The molecule has 0 saturated carbocycles. The van der Waals surface area contributed by atoms with E-state index in [9.17, 15) is 18.4 Å². The molecule has 1 aliphatic rings. The molecular formula is C13H14F2N2O3. The van der Waals surface area contributed by atoms with Crippen molar-refractivity contribution in [3.63, 3.8) is 0 Å². The highest BCUT2D eigenvalue weighted by atomic mass is 19.3. The van der Waals surface area contributed by atoms with Gasteiger partial charge in [0.2, 0.25) is 11.8 Å². The number of amides is 2. The van der Waals surface area contributed by atoms with Gasteiger partial charge in [0.05, 0.1) is 6.54 Å². The van der Waals surface area contributed by atoms with Gasteiger partial charge in [-0.05, 0) is 30.7 Å². The van der Waals surface area contributed by atoms with Crippen LogP contribution in [0.5, 0.6) is 5.75 Å². The number of ether oxygens (including phenoxy) is 1. The van der Waals surface area contributed by atoms with Crippen LogP contribution in [0, 0.1) is 0 Å². The van der Waals surface area contributed by atoms with Crippen LogP contribution in [0.4, 0.5) is 14.5 Å². The van der Waals surface area contributed by atoms with Crippen molar-refractivity contribution in [3.05, 3.63) is 24.3 Å². The number of halogens is 2. The molecule has 5 nitrogen and oxygen atoms in total. The van der Waals surface area contributed by atoms with Crippen molar-refractivity contribution in [2.75, 3.05) is 11.4 Å². The fourth-order valence-electron chi connectivity index (χ4n) is 2.14. The zero-order valence-electron chi connectivity index (χ0n) is 10.8. The molecule has 2 rings (SSSR count). The fraction of sp³-hybridized carbons (Fsp3) is 0.385. The molecule has 1 saturated heterocycles. The van der Waals surface area contributed by atoms with Crippen molar-refractivity contribution in [3.8, 4) is 5.75 Å². The van der Waals surface area contributed by atoms with Crippen LogP contribution in [0.25, 0.3) is 0 Å². The van der Waals surface area contributed by atoms with Crippen molar-refractivity contribution in [1.29, 1.82) is 0 Å². The Morgan fingerprint density at radius 2 is 2.00 bits per heavy atom. The molecule has 20 heavy (non-hydrogen) atoms. The maximum atomic E-state index is 12.1. The summed E-state index contributed by atoms with van der Waals surface area (Å²) < 4.78 is 28.4. The lowest BCUT2D eigenvalue weighted by atomic mass is 10.1. The molecule has 108 valence electrons. The number of alkyl halides is 2. The average molecular weight is 284 g/mol. The van der Waals surface area contributed by atoms with Crippen molar-refractivity contribution < 1.29 is 23.1 Å². The van der Waals surface area contributed by atoms with Crippen LogP contribution in [-0.4, -0.2) is 31.0 Å². The van der Waals surface area contributed by atoms with E-state index in [1.165, 1.54) is 29.2 Å². The summed E-state index contributed by atoms with van der Waals surface area (Å²) in [5, 5.41) is 2.52. The van der Waals surface area contributed by atoms with Gasteiger partial charge in [-0.2, -0.15) is 8.78 Å². The fourth-order valence-corrected chi connectivity index (χ4v) is 2.14. The van der Waals surface area contributed by atoms with E-state index in [2.05, 4.69) is 10.1 Å². The van der Waals surface area contributed by atoms with E-state index in [1.807, 2.05) is 0 Å². The maximum absolute atomic E-state index is 12.1. The quantitative estimate of drug-likeness (QED) is 0.912. The summed E-state index contributed by atoms with van der Waals surface area (Å²) in [5.41, 5.74) is 0.485. The van der Waals surface area contributed by atoms with Crippen LogP contribution in [0.15, 0.2) is 24.3 Å². The second-order valence-corrected chi connectivity index (χ2v) is 4.28. The molecule has 0 radical (unpaired) electrons. The third-order valence-corrected chi connectivity index (χ3v) is 3.02. The van der Waals surface area contributed by atoms with Gasteiger partial charge in [-0.1, -0.05) is 6.92 Å². The first-order valence-electron chi connectivity index (χ1n) is 6.17. The number of rotatable bonds is 4. The third-order valence-electron chi connectivity index (χ3n) is 3.02. The summed E-state index contributed by atoms with van der Waals surface area (Å²) in [4.78, 5) is 25.1. The van der Waals surface area contributed by atoms with Crippen LogP contribution >= 0.6 is 0 Å². The van der Waals surface area contributed by atoms with Gasteiger partial charge in [0, 0.05) is 5.69 Å². The van der Waals surface area contributed by atoms with E-state index in [1.54, 1.807) is 6.92 Å². The topological polar surface area (TPSA) is 58.6 Å². The zero-order chi connectivity index (χ0) is 14.7. The highest BCUT2D eigenvalue weighted by Gasteiger charge is 2.34. The second-order valence-electron chi connectivity index (χ2n) is 4.28. The monoisotopic (exact) mass is 284 g/mol. The minimum absolute atomic E-state index is 0.00529. The minimum Gasteiger partial charge on any atom is -0.435 e. The zero-order valence-corrected chi connectivity index (χ0v) is 10.8. The maximum Gasteiger partial charge on any atom is 0.387 e. The van der Waals surface area contributed by atoms with Gasteiger partial charge >= 0.3 is 6.61 Å². The first-order chi connectivity index (χ1) is 9.52. The van der Waals surface area contributed by atoms with Crippen LogP contribution in [0.3, 0.4) is 0 Å². The molecule has 0 bridgehead atoms. The summed E-state index contributed by atoms with van der Waals surface area (Å²) in [6.45, 7) is -1.17. The summed E-state index contributed by atoms with van der Waals surface area (Å²) in [6.07, 6.45) is 0.465. The summed E-state index contributed by atoms with van der Waals surface area (Å²) in [7, 11) is 0. The van der Waals surface area contributed by atoms with Crippen LogP contribution in [0.2, 0.25) is 0 Å². The van der Waals surface area contributed by atoms with E-state index in [-0.39, 0.29) is 24.1 Å². The predicted octanol–water partition coefficient (Wildman–Crippen LogP) is 1.53. The second kappa shape index (κ2) is 5.85. The number of hydrogen-bond donors (Lipinski definition) is 1. The molecule has 2 amide bonds. The number of nitrogens with zero attached hydrogens (tertiary/aromatic N) is 1. The Bertz CT molecular complexity index is 505. The third kappa shape index (κ3) is 2.87. The number of carbonyl (C=O) groups is 2. The molecular weight excluding hydrogens is 270 g/mol. The summed E-state index contributed by atoms with van der Waals surface area (Å²) in [5.74, 6) is -0.454. The number of nitrogens with one attached hydrogen (secondary N) is 1. The molecule has 1 unspecified atom stereocenters. The van der Waals surface area contributed by atoms with Crippen molar-refractivity contribution >= 4 is 17.5 Å². The molecule has 1 aliphatic heterocycles. The Morgan fingerprint density at radius 1 is 1.35 bits per heavy atom. The van der Waals surface area contributed by atoms with E-state index >= 15 is 0 Å². The Hall–Kier alpha value is -2.18. The first kappa shape index (κ1) is 14.2. The van der Waals surface area contributed by atoms with Gasteiger partial charge < -0.3 is 10.1 Å². The van der Waals surface area contributed by atoms with Crippen molar-refractivity contribution in [2.24, 2.45) is 0 Å². The lowest BCUT2D eigenvalue weighted by Gasteiger charge is -2.34. The highest BCUT2D eigenvalue weighted by Crippen LogP contribution is 2.24. The molecule has 1 aromatic carbocycles. The Balaban J connectivity index is 2.23. The molecule has 0 aromatic heterocycles. The largest absolute Gasteiger partial charge is 0.435 e. The number of carbonyl (C=O) groups excluding carboxylic acids is 2. The number of anilines is 1. The highest BCUT2D eigenvalue weighted by molar-refractivity contribution is 6.06. The summed E-state index contributed by atoms with van der Waals surface area (Å²) >= 11 is 0. The molecule has 1 N–H and O–H groups in total. The molecule has 1 atom stereocenters. The van der Waals surface area contributed by atoms with E-state index in [4.69, 9.17) is 0 Å². The van der Waals surface area contributed by atoms with E-state index in [0.717, 1.165) is 0 Å². The van der Waals surface area contributed by atoms with Crippen molar-refractivity contribution in [1.82, 2.24) is 5.32 Å². The number of piperazine rings is 1. The number of benzene rings is 1. The molecule has 1 heterocycles. The first-order valence-corrected chi connectivity index (χ1v) is 6.17. The van der Waals surface area contributed by atoms with Gasteiger partial charge in [-0.3, -0.25) is 14.5 Å². The number of hydrogen-bond acceptors (Lipinski definition) is 3. The van der Waals surface area contributed by atoms with Gasteiger partial charge in [0.25, 0.3) is 0 Å². The lowest BCUT2D eigenvalue weighted by molar-refractivity contribution is -0.131. The molecule has 0 spiro atoms. The average Bonchev–Trinajstić information content (AvgIpc) is 2.41. The summed E-state index contributed by atoms with van der Waals surface area (Å²) in [6, 6.07) is 5.06. The molecule has 1 aromatic rings. The van der Waals surface area contributed by atoms with Gasteiger partial charge in [-0.15, -0.1) is 0 Å². The predicted molar refractivity (Wildman–Crippen MR) is 67.6 cm³/mol. The Morgan fingerprint density at radius 3 is 2.55 bits per heavy atom. The normalized spacial score (nSPS) is 19.2.